The Morgan fingerprint density at radius 3 is 2.48 bits per heavy atom. The smallest absolute Gasteiger partial charge is 0.214 e. The summed E-state index contributed by atoms with van der Waals surface area (Å²) >= 11 is 0. The van der Waals surface area contributed by atoms with Gasteiger partial charge >= 0.3 is 0 Å². The number of aromatic nitrogens is 4. The van der Waals surface area contributed by atoms with Gasteiger partial charge in [-0.15, -0.1) is 5.10 Å². The predicted molar refractivity (Wildman–Crippen MR) is 81.0 cm³/mol. The first-order chi connectivity index (χ1) is 10.3. The maximum Gasteiger partial charge on any atom is 0.214 e. The largest absolute Gasteiger partial charge is 0.327 e. The van der Waals surface area contributed by atoms with Gasteiger partial charge in [-0.05, 0) is 23.3 Å². The first-order valence-corrected chi connectivity index (χ1v) is 7.90. The van der Waals surface area contributed by atoms with Gasteiger partial charge in [0, 0.05) is 5.56 Å². The average molecular weight is 286 g/mol. The Hall–Kier alpha value is -1.75. The van der Waals surface area contributed by atoms with Gasteiger partial charge in [0.15, 0.2) is 6.04 Å². The van der Waals surface area contributed by atoms with Crippen LogP contribution in [0.15, 0.2) is 30.3 Å². The van der Waals surface area contributed by atoms with Crippen LogP contribution in [0.25, 0.3) is 0 Å². The van der Waals surface area contributed by atoms with Crippen LogP contribution < -0.4 is 4.90 Å². The first-order valence-electron chi connectivity index (χ1n) is 7.90. The highest BCUT2D eigenvalue weighted by Crippen LogP contribution is 2.29. The highest BCUT2D eigenvalue weighted by atomic mass is 15.6. The molecule has 1 atom stereocenters. The molecule has 1 heterocycles. The molecule has 1 aliphatic rings. The molecule has 112 valence electrons. The van der Waals surface area contributed by atoms with Gasteiger partial charge in [0.2, 0.25) is 5.82 Å². The van der Waals surface area contributed by atoms with Crippen LogP contribution in [-0.4, -0.2) is 34.3 Å². The summed E-state index contributed by atoms with van der Waals surface area (Å²) in [4.78, 5) is 1.33. The fraction of sp³-hybridized carbons (Fsp3) is 0.562. The molecule has 1 saturated carbocycles. The summed E-state index contributed by atoms with van der Waals surface area (Å²) in [7, 11) is 4.33. The number of hydrogen-bond acceptors (Lipinski definition) is 3. The molecule has 21 heavy (non-hydrogen) atoms. The normalized spacial score (nSPS) is 18.0. The highest BCUT2D eigenvalue weighted by Gasteiger charge is 2.30. The van der Waals surface area contributed by atoms with Gasteiger partial charge in [0.05, 0.1) is 20.1 Å². The summed E-state index contributed by atoms with van der Waals surface area (Å²) < 4.78 is 2.09. The van der Waals surface area contributed by atoms with Gasteiger partial charge in [0.25, 0.3) is 0 Å². The van der Waals surface area contributed by atoms with Gasteiger partial charge in [-0.25, -0.2) is 4.68 Å². The Bertz CT molecular complexity index is 557. The Morgan fingerprint density at radius 1 is 1.10 bits per heavy atom. The SMILES string of the molecule is C[NH+](C)[C@H](c1ccccc1)c1nnnn1C1CCCCC1. The molecule has 1 aromatic heterocycles. The lowest BCUT2D eigenvalue weighted by Gasteiger charge is -2.26. The van der Waals surface area contributed by atoms with Crippen LogP contribution in [0.5, 0.6) is 0 Å². The van der Waals surface area contributed by atoms with Crippen LogP contribution in [0.2, 0.25) is 0 Å². The van der Waals surface area contributed by atoms with E-state index >= 15 is 0 Å². The van der Waals surface area contributed by atoms with Crippen molar-refractivity contribution in [1.82, 2.24) is 20.2 Å². The molecule has 0 bridgehead atoms. The second kappa shape index (κ2) is 6.35. The zero-order valence-electron chi connectivity index (χ0n) is 12.9. The van der Waals surface area contributed by atoms with Crippen molar-refractivity contribution in [3.05, 3.63) is 41.7 Å². The van der Waals surface area contributed by atoms with Crippen LogP contribution in [0.4, 0.5) is 0 Å². The molecule has 1 aliphatic carbocycles. The van der Waals surface area contributed by atoms with E-state index in [2.05, 4.69) is 64.6 Å². The summed E-state index contributed by atoms with van der Waals surface area (Å²) in [6, 6.07) is 11.2. The van der Waals surface area contributed by atoms with Gasteiger partial charge in [0.1, 0.15) is 0 Å². The molecule has 0 radical (unpaired) electrons. The fourth-order valence-corrected chi connectivity index (χ4v) is 3.36. The standard InChI is InChI=1S/C16H23N5/c1-20(2)15(13-9-5-3-6-10-13)16-17-18-19-21(16)14-11-7-4-8-12-14/h3,5-6,9-10,14-15H,4,7-8,11-12H2,1-2H3/p+1/t15-/m1/s1. The second-order valence-corrected chi connectivity index (χ2v) is 6.19. The minimum Gasteiger partial charge on any atom is -0.327 e. The van der Waals surface area contributed by atoms with E-state index in [0.29, 0.717) is 6.04 Å². The van der Waals surface area contributed by atoms with Crippen molar-refractivity contribution in [2.45, 2.75) is 44.2 Å². The maximum atomic E-state index is 4.37. The molecule has 2 aromatic rings. The number of nitrogens with zero attached hydrogens (tertiary/aromatic N) is 4. The van der Waals surface area contributed by atoms with Crippen LogP contribution in [0.1, 0.15) is 55.6 Å². The van der Waals surface area contributed by atoms with Crippen molar-refractivity contribution < 1.29 is 4.90 Å². The summed E-state index contributed by atoms with van der Waals surface area (Å²) in [5.41, 5.74) is 1.27. The molecular weight excluding hydrogens is 262 g/mol. The zero-order chi connectivity index (χ0) is 14.7. The van der Waals surface area contributed by atoms with E-state index in [1.54, 1.807) is 0 Å². The molecular formula is C16H24N5+. The molecule has 0 amide bonds. The van der Waals surface area contributed by atoms with Crippen molar-refractivity contribution in [3.63, 3.8) is 0 Å². The third-order valence-electron chi connectivity index (χ3n) is 4.41. The van der Waals surface area contributed by atoms with Gasteiger partial charge < -0.3 is 4.90 Å². The number of nitrogens with one attached hydrogen (secondary N) is 1. The summed E-state index contributed by atoms with van der Waals surface area (Å²) in [5.74, 6) is 0.994. The minimum absolute atomic E-state index is 0.183. The molecule has 1 N–H and O–H groups in total. The van der Waals surface area contributed by atoms with E-state index < -0.39 is 0 Å². The molecule has 5 nitrogen and oxygen atoms in total. The Labute approximate surface area is 126 Å². The molecule has 0 unspecified atom stereocenters. The van der Waals surface area contributed by atoms with Crippen LogP contribution >= 0.6 is 0 Å². The molecule has 0 spiro atoms. The monoisotopic (exact) mass is 286 g/mol. The first kappa shape index (κ1) is 14.2. The summed E-state index contributed by atoms with van der Waals surface area (Å²) in [6.07, 6.45) is 6.31. The summed E-state index contributed by atoms with van der Waals surface area (Å²) in [5, 5.41) is 12.7. The number of tetrazole rings is 1. The van der Waals surface area contributed by atoms with Crippen LogP contribution in [0.3, 0.4) is 0 Å². The lowest BCUT2D eigenvalue weighted by Crippen LogP contribution is -3.06. The molecule has 0 aliphatic heterocycles. The molecule has 3 rings (SSSR count). The maximum absolute atomic E-state index is 4.37. The topological polar surface area (TPSA) is 48.0 Å². The number of hydrogen-bond donors (Lipinski definition) is 1. The Balaban J connectivity index is 1.95. The average Bonchev–Trinajstić information content (AvgIpc) is 2.98. The second-order valence-electron chi connectivity index (χ2n) is 6.19. The molecule has 1 fully saturated rings. The van der Waals surface area contributed by atoms with E-state index in [-0.39, 0.29) is 6.04 Å². The lowest BCUT2D eigenvalue weighted by molar-refractivity contribution is -0.886. The predicted octanol–water partition coefficient (Wildman–Crippen LogP) is 1.41. The number of rotatable bonds is 4. The quantitative estimate of drug-likeness (QED) is 0.924. The zero-order valence-corrected chi connectivity index (χ0v) is 12.9. The van der Waals surface area contributed by atoms with E-state index in [1.807, 2.05) is 0 Å². The van der Waals surface area contributed by atoms with Crippen molar-refractivity contribution in [1.29, 1.82) is 0 Å². The molecule has 0 saturated heterocycles. The molecule has 1 aromatic carbocycles. The lowest BCUT2D eigenvalue weighted by atomic mass is 9.95. The Kier molecular flexibility index (Phi) is 4.29. The van der Waals surface area contributed by atoms with Gasteiger partial charge in [-0.1, -0.05) is 49.6 Å². The highest BCUT2D eigenvalue weighted by molar-refractivity contribution is 5.22. The van der Waals surface area contributed by atoms with Crippen molar-refractivity contribution in [3.8, 4) is 0 Å². The van der Waals surface area contributed by atoms with E-state index in [1.165, 1.54) is 42.6 Å². The Morgan fingerprint density at radius 2 is 1.81 bits per heavy atom. The van der Waals surface area contributed by atoms with Crippen molar-refractivity contribution in [2.75, 3.05) is 14.1 Å². The van der Waals surface area contributed by atoms with Gasteiger partial charge in [-0.3, -0.25) is 0 Å². The minimum atomic E-state index is 0.183. The van der Waals surface area contributed by atoms with Gasteiger partial charge in [-0.2, -0.15) is 0 Å². The van der Waals surface area contributed by atoms with Crippen molar-refractivity contribution in [2.24, 2.45) is 0 Å². The fourth-order valence-electron chi connectivity index (χ4n) is 3.36. The van der Waals surface area contributed by atoms with E-state index in [9.17, 15) is 0 Å². The number of benzene rings is 1. The summed E-state index contributed by atoms with van der Waals surface area (Å²) in [6.45, 7) is 0. The number of quaternary nitrogens is 1. The third kappa shape index (κ3) is 2.97. The third-order valence-corrected chi connectivity index (χ3v) is 4.41. The molecule has 5 heteroatoms. The van der Waals surface area contributed by atoms with E-state index in [0.717, 1.165) is 5.82 Å². The van der Waals surface area contributed by atoms with E-state index in [4.69, 9.17) is 0 Å². The van der Waals surface area contributed by atoms with Crippen molar-refractivity contribution >= 4 is 0 Å². The van der Waals surface area contributed by atoms with Crippen LogP contribution in [0, 0.1) is 0 Å². The van der Waals surface area contributed by atoms with Crippen LogP contribution in [-0.2, 0) is 0 Å².